The lowest BCUT2D eigenvalue weighted by molar-refractivity contribution is -0.162. The van der Waals surface area contributed by atoms with Crippen molar-refractivity contribution in [2.45, 2.75) is 96.1 Å². The van der Waals surface area contributed by atoms with E-state index in [1.807, 2.05) is 69.3 Å². The molecular weight excluding hydrogens is 520 g/mol. The van der Waals surface area contributed by atoms with E-state index in [1.54, 1.807) is 6.08 Å². The zero-order valence-corrected chi connectivity index (χ0v) is 24.7. The molecule has 3 aliphatic rings. The van der Waals surface area contributed by atoms with Crippen LogP contribution in [0.25, 0.3) is 6.08 Å². The lowest BCUT2D eigenvalue weighted by Crippen LogP contribution is -2.54. The molecule has 41 heavy (non-hydrogen) atoms. The van der Waals surface area contributed by atoms with Crippen LogP contribution < -0.4 is 4.74 Å². The van der Waals surface area contributed by atoms with Gasteiger partial charge in [0.15, 0.2) is 0 Å². The molecule has 0 bridgehead atoms. The molecule has 2 heterocycles. The highest BCUT2D eigenvalue weighted by molar-refractivity contribution is 5.87. The van der Waals surface area contributed by atoms with Crippen LogP contribution in [0.1, 0.15) is 65.0 Å². The van der Waals surface area contributed by atoms with Gasteiger partial charge in [-0.3, -0.25) is 0 Å². The van der Waals surface area contributed by atoms with E-state index in [0.717, 1.165) is 29.7 Å². The molecule has 1 N–H and O–H groups in total. The van der Waals surface area contributed by atoms with Gasteiger partial charge in [-0.15, -0.1) is 0 Å². The Morgan fingerprint density at radius 1 is 1.10 bits per heavy atom. The molecule has 220 valence electrons. The summed E-state index contributed by atoms with van der Waals surface area (Å²) in [5.74, 6) is 0.715. The maximum Gasteiger partial charge on any atom is 0.331 e. The van der Waals surface area contributed by atoms with Crippen LogP contribution >= 0.6 is 0 Å². The SMILES string of the molecule is CC(C)=CCC1O[C@]1(C)C1[C@H](O)[C@H](OC(=O)/C=C/c2ccc(Oc3ccc(COC(C)C)cc3)cc2)CC[C@]12CO2. The first-order valence-electron chi connectivity index (χ1n) is 14.6. The van der Waals surface area contributed by atoms with Crippen LogP contribution in [0.4, 0.5) is 0 Å². The van der Waals surface area contributed by atoms with E-state index < -0.39 is 23.8 Å². The Morgan fingerprint density at radius 2 is 1.76 bits per heavy atom. The van der Waals surface area contributed by atoms with E-state index in [1.165, 1.54) is 11.6 Å². The molecule has 7 heteroatoms. The topological polar surface area (TPSA) is 90.0 Å². The van der Waals surface area contributed by atoms with Crippen molar-refractivity contribution in [2.75, 3.05) is 6.61 Å². The van der Waals surface area contributed by atoms with Crippen molar-refractivity contribution < 1.29 is 33.6 Å². The summed E-state index contributed by atoms with van der Waals surface area (Å²) in [7, 11) is 0. The van der Waals surface area contributed by atoms with E-state index in [-0.39, 0.29) is 23.7 Å². The van der Waals surface area contributed by atoms with Crippen molar-refractivity contribution in [3.63, 3.8) is 0 Å². The molecule has 2 aromatic carbocycles. The van der Waals surface area contributed by atoms with Crippen molar-refractivity contribution >= 4 is 12.0 Å². The van der Waals surface area contributed by atoms with Gasteiger partial charge in [-0.1, -0.05) is 35.9 Å². The summed E-state index contributed by atoms with van der Waals surface area (Å²) in [6.45, 7) is 11.4. The minimum Gasteiger partial charge on any atom is -0.457 e. The van der Waals surface area contributed by atoms with E-state index in [2.05, 4.69) is 19.9 Å². The molecule has 2 saturated heterocycles. The van der Waals surface area contributed by atoms with Crippen LogP contribution in [-0.4, -0.2) is 53.3 Å². The third-order valence-corrected chi connectivity index (χ3v) is 8.29. The zero-order valence-electron chi connectivity index (χ0n) is 24.7. The summed E-state index contributed by atoms with van der Waals surface area (Å²) in [5, 5.41) is 11.3. The average molecular weight is 563 g/mol. The smallest absolute Gasteiger partial charge is 0.331 e. The van der Waals surface area contributed by atoms with Crippen molar-refractivity contribution in [2.24, 2.45) is 5.92 Å². The number of ether oxygens (including phenoxy) is 5. The molecule has 0 amide bonds. The van der Waals surface area contributed by atoms with E-state index in [0.29, 0.717) is 25.4 Å². The van der Waals surface area contributed by atoms with Gasteiger partial charge in [0.05, 0.1) is 37.4 Å². The summed E-state index contributed by atoms with van der Waals surface area (Å²) >= 11 is 0. The molecular formula is C34H42O7. The molecule has 6 atom stereocenters. The summed E-state index contributed by atoms with van der Waals surface area (Å²) in [4.78, 5) is 12.7. The monoisotopic (exact) mass is 562 g/mol. The van der Waals surface area contributed by atoms with E-state index in [9.17, 15) is 9.90 Å². The van der Waals surface area contributed by atoms with Gasteiger partial charge in [-0.25, -0.2) is 4.79 Å². The maximum atomic E-state index is 12.7. The Balaban J connectivity index is 1.13. The van der Waals surface area contributed by atoms with E-state index >= 15 is 0 Å². The Hall–Kier alpha value is -2.97. The maximum absolute atomic E-state index is 12.7. The first-order chi connectivity index (χ1) is 19.6. The molecule has 1 aliphatic carbocycles. The highest BCUT2D eigenvalue weighted by atomic mass is 16.6. The Morgan fingerprint density at radius 3 is 2.37 bits per heavy atom. The second kappa shape index (κ2) is 12.1. The zero-order chi connectivity index (χ0) is 29.2. The number of carbonyl (C=O) groups is 1. The predicted octanol–water partition coefficient (Wildman–Crippen LogP) is 6.38. The standard InChI is InChI=1S/C34H42O7/c1-22(2)6-16-29-33(5,41-29)32-31(36)28(18-19-34(32)21-38-34)40-30(35)17-11-24-7-12-26(13-8-24)39-27-14-9-25(10-15-27)20-37-23(3)4/h6-15,17,23,28-29,31-32,36H,16,18-21H2,1-5H3/b17-11+/t28-,29?,31-,32?,33+,34+/m1/s1. The fourth-order valence-corrected chi connectivity index (χ4v) is 5.87. The van der Waals surface area contributed by atoms with Gasteiger partial charge >= 0.3 is 5.97 Å². The first kappa shape index (κ1) is 29.5. The molecule has 2 aromatic rings. The number of benzene rings is 2. The number of allylic oxidation sites excluding steroid dienone is 1. The van der Waals surface area contributed by atoms with Gasteiger partial charge in [0.25, 0.3) is 0 Å². The number of hydrogen-bond donors (Lipinski definition) is 1. The van der Waals surface area contributed by atoms with Crippen LogP contribution in [-0.2, 0) is 30.3 Å². The molecule has 0 radical (unpaired) electrons. The molecule has 7 nitrogen and oxygen atoms in total. The second-order valence-corrected chi connectivity index (χ2v) is 12.2. The first-order valence-corrected chi connectivity index (χ1v) is 14.6. The van der Waals surface area contributed by atoms with Gasteiger partial charge in [-0.05, 0) is 95.3 Å². The minimum atomic E-state index is -0.849. The lowest BCUT2D eigenvalue weighted by atomic mass is 9.68. The van der Waals surface area contributed by atoms with Crippen LogP contribution in [0.2, 0.25) is 0 Å². The molecule has 3 fully saturated rings. The van der Waals surface area contributed by atoms with Crippen molar-refractivity contribution in [3.8, 4) is 11.5 Å². The number of aliphatic hydroxyl groups excluding tert-OH is 1. The second-order valence-electron chi connectivity index (χ2n) is 12.2. The molecule has 0 aromatic heterocycles. The summed E-state index contributed by atoms with van der Waals surface area (Å²) in [6.07, 6.45) is 6.13. The van der Waals surface area contributed by atoms with Gasteiger partial charge < -0.3 is 28.8 Å². The van der Waals surface area contributed by atoms with Gasteiger partial charge in [0.2, 0.25) is 0 Å². The fourth-order valence-electron chi connectivity index (χ4n) is 5.87. The average Bonchev–Trinajstić information content (AvgIpc) is 3.85. The molecule has 5 rings (SSSR count). The van der Waals surface area contributed by atoms with Gasteiger partial charge in [0.1, 0.15) is 28.8 Å². The highest BCUT2D eigenvalue weighted by Gasteiger charge is 2.71. The number of hydrogen-bond acceptors (Lipinski definition) is 7. The third kappa shape index (κ3) is 7.09. The Bertz CT molecular complexity index is 1250. The van der Waals surface area contributed by atoms with Crippen LogP contribution in [0.5, 0.6) is 11.5 Å². The quantitative estimate of drug-likeness (QED) is 0.147. The lowest BCUT2D eigenvalue weighted by Gasteiger charge is -2.40. The summed E-state index contributed by atoms with van der Waals surface area (Å²) < 4.78 is 29.3. The molecule has 2 aliphatic heterocycles. The van der Waals surface area contributed by atoms with Crippen LogP contribution in [0.3, 0.4) is 0 Å². The largest absolute Gasteiger partial charge is 0.457 e. The van der Waals surface area contributed by atoms with Crippen molar-refractivity contribution in [3.05, 3.63) is 77.4 Å². The number of esters is 1. The van der Waals surface area contributed by atoms with Crippen molar-refractivity contribution in [1.29, 1.82) is 0 Å². The van der Waals surface area contributed by atoms with Gasteiger partial charge in [-0.2, -0.15) is 0 Å². The minimum absolute atomic E-state index is 0.0306. The molecule has 1 saturated carbocycles. The van der Waals surface area contributed by atoms with Crippen LogP contribution in [0, 0.1) is 5.92 Å². The third-order valence-electron chi connectivity index (χ3n) is 8.29. The van der Waals surface area contributed by atoms with E-state index in [4.69, 9.17) is 23.7 Å². The molecule has 2 unspecified atom stereocenters. The normalized spacial score (nSPS) is 30.4. The molecule has 1 spiro atoms. The highest BCUT2D eigenvalue weighted by Crippen LogP contribution is 2.59. The van der Waals surface area contributed by atoms with Crippen LogP contribution in [0.15, 0.2) is 66.3 Å². The van der Waals surface area contributed by atoms with Crippen molar-refractivity contribution in [1.82, 2.24) is 0 Å². The number of aliphatic hydroxyl groups is 1. The van der Waals surface area contributed by atoms with Gasteiger partial charge in [0, 0.05) is 6.08 Å². The number of rotatable bonds is 11. The fraction of sp³-hybridized carbons (Fsp3) is 0.500. The predicted molar refractivity (Wildman–Crippen MR) is 157 cm³/mol. The Kier molecular flexibility index (Phi) is 8.71. The summed E-state index contributed by atoms with van der Waals surface area (Å²) in [5.41, 5.74) is 2.30. The Labute approximate surface area is 243 Å². The number of carbonyl (C=O) groups excluding carboxylic acids is 1. The number of epoxide rings is 2. The summed E-state index contributed by atoms with van der Waals surface area (Å²) in [6, 6.07) is 15.3.